The van der Waals surface area contributed by atoms with Crippen LogP contribution in [0.3, 0.4) is 0 Å². The Balaban J connectivity index is 1.99. The Bertz CT molecular complexity index is 435. The molecule has 1 atom stereocenters. The number of rotatable bonds is 3. The molecule has 18 heavy (non-hydrogen) atoms. The zero-order chi connectivity index (χ0) is 13.1. The fraction of sp³-hybridized carbons (Fsp3) is 0.538. The van der Waals surface area contributed by atoms with Crippen molar-refractivity contribution in [3.8, 4) is 0 Å². The van der Waals surface area contributed by atoms with Gasteiger partial charge in [-0.3, -0.25) is 4.79 Å². The minimum atomic E-state index is -0.0948. The van der Waals surface area contributed by atoms with E-state index in [-0.39, 0.29) is 5.91 Å². The van der Waals surface area contributed by atoms with Crippen LogP contribution >= 0.6 is 0 Å². The summed E-state index contributed by atoms with van der Waals surface area (Å²) >= 11 is 0. The van der Waals surface area contributed by atoms with Crippen LogP contribution in [0.25, 0.3) is 0 Å². The third-order valence-corrected chi connectivity index (χ3v) is 3.41. The van der Waals surface area contributed by atoms with Crippen molar-refractivity contribution >= 4 is 11.6 Å². The lowest BCUT2D eigenvalue weighted by molar-refractivity contribution is 0.0769. The summed E-state index contributed by atoms with van der Waals surface area (Å²) in [7, 11) is 3.92. The van der Waals surface area contributed by atoms with Crippen molar-refractivity contribution in [2.24, 2.45) is 5.92 Å². The van der Waals surface area contributed by atoms with E-state index in [2.05, 4.69) is 16.9 Å². The average Bonchev–Trinajstić information content (AvgIpc) is 2.74. The smallest absolute Gasteiger partial charge is 0.274 e. The lowest BCUT2D eigenvalue weighted by Crippen LogP contribution is -2.33. The van der Waals surface area contributed by atoms with Crippen LogP contribution in [0.4, 0.5) is 5.69 Å². The van der Waals surface area contributed by atoms with Gasteiger partial charge in [-0.2, -0.15) is 0 Å². The zero-order valence-corrected chi connectivity index (χ0v) is 11.0. The van der Waals surface area contributed by atoms with Gasteiger partial charge in [0.05, 0.1) is 5.69 Å². The highest BCUT2D eigenvalue weighted by Crippen LogP contribution is 2.17. The minimum Gasteiger partial charge on any atom is -0.397 e. The average molecular weight is 248 g/mol. The number of hydrogen-bond donors (Lipinski definition) is 1. The minimum absolute atomic E-state index is 0.0948. The van der Waals surface area contributed by atoms with E-state index in [1.54, 1.807) is 23.2 Å². The third-order valence-electron chi connectivity index (χ3n) is 3.41. The van der Waals surface area contributed by atoms with Crippen molar-refractivity contribution < 1.29 is 4.79 Å². The molecule has 2 N–H and O–H groups in total. The molecule has 1 aromatic heterocycles. The van der Waals surface area contributed by atoms with Crippen molar-refractivity contribution in [2.75, 3.05) is 39.5 Å². The standard InChI is InChI=1S/C13H20N4O/c1-16-7-5-10(8-16)9-17(2)13(18)12-11(14)4-3-6-15-12/h3-4,6,10H,5,7-9,14H2,1-2H3. The molecule has 1 aliphatic heterocycles. The maximum atomic E-state index is 12.2. The lowest BCUT2D eigenvalue weighted by atomic mass is 10.1. The number of nitrogens with zero attached hydrogens (tertiary/aromatic N) is 3. The van der Waals surface area contributed by atoms with E-state index in [1.807, 2.05) is 7.05 Å². The highest BCUT2D eigenvalue weighted by molar-refractivity contribution is 5.96. The lowest BCUT2D eigenvalue weighted by Gasteiger charge is -2.21. The molecule has 1 aliphatic rings. The van der Waals surface area contributed by atoms with Crippen LogP contribution in [-0.4, -0.2) is 54.4 Å². The van der Waals surface area contributed by atoms with Gasteiger partial charge in [0.15, 0.2) is 5.69 Å². The maximum absolute atomic E-state index is 12.2. The van der Waals surface area contributed by atoms with Gasteiger partial charge in [-0.15, -0.1) is 0 Å². The molecule has 1 amide bonds. The highest BCUT2D eigenvalue weighted by atomic mass is 16.2. The number of nitrogens with two attached hydrogens (primary N) is 1. The summed E-state index contributed by atoms with van der Waals surface area (Å²) in [6, 6.07) is 3.44. The van der Waals surface area contributed by atoms with E-state index in [1.165, 1.54) is 0 Å². The number of aromatic nitrogens is 1. The number of nitrogen functional groups attached to an aromatic ring is 1. The topological polar surface area (TPSA) is 62.5 Å². The van der Waals surface area contributed by atoms with Crippen LogP contribution in [0.5, 0.6) is 0 Å². The number of carbonyl (C=O) groups excluding carboxylic acids is 1. The van der Waals surface area contributed by atoms with E-state index >= 15 is 0 Å². The fourth-order valence-electron chi connectivity index (χ4n) is 2.42. The SMILES string of the molecule is CN1CCC(CN(C)C(=O)c2ncccc2N)C1. The summed E-state index contributed by atoms with van der Waals surface area (Å²) in [5.74, 6) is 0.455. The Morgan fingerprint density at radius 3 is 3.06 bits per heavy atom. The molecule has 0 bridgehead atoms. The Hall–Kier alpha value is -1.62. The fourth-order valence-corrected chi connectivity index (χ4v) is 2.42. The molecular weight excluding hydrogens is 228 g/mol. The van der Waals surface area contributed by atoms with Crippen LogP contribution in [0.1, 0.15) is 16.9 Å². The number of hydrogen-bond acceptors (Lipinski definition) is 4. The van der Waals surface area contributed by atoms with Crippen LogP contribution in [0.2, 0.25) is 0 Å². The predicted molar refractivity (Wildman–Crippen MR) is 71.2 cm³/mol. The van der Waals surface area contributed by atoms with E-state index in [9.17, 15) is 4.79 Å². The Morgan fingerprint density at radius 2 is 2.44 bits per heavy atom. The van der Waals surface area contributed by atoms with Crippen LogP contribution in [-0.2, 0) is 0 Å². The van der Waals surface area contributed by atoms with E-state index in [0.717, 1.165) is 26.1 Å². The normalized spacial score (nSPS) is 20.0. The molecule has 0 saturated carbocycles. The van der Waals surface area contributed by atoms with Gasteiger partial charge in [0, 0.05) is 26.3 Å². The second-order valence-corrected chi connectivity index (χ2v) is 5.04. The molecule has 2 heterocycles. The molecule has 1 saturated heterocycles. The first-order chi connectivity index (χ1) is 8.58. The van der Waals surface area contributed by atoms with Crippen LogP contribution in [0, 0.1) is 5.92 Å². The molecule has 1 aromatic rings. The van der Waals surface area contributed by atoms with Crippen LogP contribution in [0.15, 0.2) is 18.3 Å². The Morgan fingerprint density at radius 1 is 1.67 bits per heavy atom. The van der Waals surface area contributed by atoms with Gasteiger partial charge in [0.2, 0.25) is 0 Å². The summed E-state index contributed by atoms with van der Waals surface area (Å²) in [6.07, 6.45) is 2.74. The van der Waals surface area contributed by atoms with Crippen molar-refractivity contribution in [2.45, 2.75) is 6.42 Å². The Kier molecular flexibility index (Phi) is 3.81. The van der Waals surface area contributed by atoms with Gasteiger partial charge in [0.25, 0.3) is 5.91 Å². The van der Waals surface area contributed by atoms with E-state index < -0.39 is 0 Å². The summed E-state index contributed by atoms with van der Waals surface area (Å²) in [4.78, 5) is 20.3. The second kappa shape index (κ2) is 5.35. The van der Waals surface area contributed by atoms with E-state index in [4.69, 9.17) is 5.73 Å². The number of amides is 1. The molecule has 98 valence electrons. The summed E-state index contributed by atoms with van der Waals surface area (Å²) in [5, 5.41) is 0. The van der Waals surface area contributed by atoms with Gasteiger partial charge in [-0.1, -0.05) is 0 Å². The first kappa shape index (κ1) is 12.8. The summed E-state index contributed by atoms with van der Waals surface area (Å²) in [5.41, 5.74) is 6.57. The number of anilines is 1. The van der Waals surface area contributed by atoms with Crippen molar-refractivity contribution in [3.05, 3.63) is 24.0 Å². The third kappa shape index (κ3) is 2.79. The molecule has 5 heteroatoms. The molecule has 0 aliphatic carbocycles. The highest BCUT2D eigenvalue weighted by Gasteiger charge is 2.24. The monoisotopic (exact) mass is 248 g/mol. The summed E-state index contributed by atoms with van der Waals surface area (Å²) < 4.78 is 0. The first-order valence-electron chi connectivity index (χ1n) is 6.22. The number of likely N-dealkylation sites (tertiary alicyclic amines) is 1. The number of carbonyl (C=O) groups is 1. The largest absolute Gasteiger partial charge is 0.397 e. The van der Waals surface area contributed by atoms with Crippen LogP contribution < -0.4 is 5.73 Å². The molecule has 2 rings (SSSR count). The van der Waals surface area contributed by atoms with Crippen molar-refractivity contribution in [1.82, 2.24) is 14.8 Å². The van der Waals surface area contributed by atoms with E-state index in [0.29, 0.717) is 17.3 Å². The van der Waals surface area contributed by atoms with Gasteiger partial charge >= 0.3 is 0 Å². The molecule has 0 radical (unpaired) electrons. The van der Waals surface area contributed by atoms with Crippen molar-refractivity contribution in [3.63, 3.8) is 0 Å². The van der Waals surface area contributed by atoms with Gasteiger partial charge < -0.3 is 15.5 Å². The maximum Gasteiger partial charge on any atom is 0.274 e. The molecule has 1 fully saturated rings. The molecule has 5 nitrogen and oxygen atoms in total. The molecule has 1 unspecified atom stereocenters. The van der Waals surface area contributed by atoms with Crippen molar-refractivity contribution in [1.29, 1.82) is 0 Å². The molecular formula is C13H20N4O. The van der Waals surface area contributed by atoms with Gasteiger partial charge in [-0.25, -0.2) is 4.98 Å². The zero-order valence-electron chi connectivity index (χ0n) is 11.0. The van der Waals surface area contributed by atoms with Gasteiger partial charge in [0.1, 0.15) is 0 Å². The number of pyridine rings is 1. The predicted octanol–water partition coefficient (Wildman–Crippen LogP) is 0.687. The first-order valence-corrected chi connectivity index (χ1v) is 6.22. The molecule has 0 spiro atoms. The quantitative estimate of drug-likeness (QED) is 0.854. The Labute approximate surface area is 108 Å². The molecule has 0 aromatic carbocycles. The second-order valence-electron chi connectivity index (χ2n) is 5.04. The summed E-state index contributed by atoms with van der Waals surface area (Å²) in [6.45, 7) is 2.92. The van der Waals surface area contributed by atoms with Gasteiger partial charge in [-0.05, 0) is 38.1 Å².